The summed E-state index contributed by atoms with van der Waals surface area (Å²) >= 11 is 0. The number of nitrogens with zero attached hydrogens (tertiary/aromatic N) is 4. The summed E-state index contributed by atoms with van der Waals surface area (Å²) in [5, 5.41) is 4.98. The Labute approximate surface area is 222 Å². The maximum absolute atomic E-state index is 6.25. The van der Waals surface area contributed by atoms with E-state index in [9.17, 15) is 0 Å². The van der Waals surface area contributed by atoms with Crippen molar-refractivity contribution in [1.82, 2.24) is 14.8 Å². The van der Waals surface area contributed by atoms with Crippen LogP contribution in [0.2, 0.25) is 0 Å². The Kier molecular flexibility index (Phi) is 8.89. The van der Waals surface area contributed by atoms with Crippen molar-refractivity contribution in [3.05, 3.63) is 18.2 Å². The molecule has 0 atom stereocenters. The quantitative estimate of drug-likeness (QED) is 0.476. The molecule has 4 heterocycles. The number of benzene rings is 1. The normalized spacial score (nSPS) is 20.2. The maximum Gasteiger partial charge on any atom is 0.163 e. The Bertz CT molecular complexity index is 1010. The Balaban J connectivity index is 1.37. The van der Waals surface area contributed by atoms with Gasteiger partial charge in [0.15, 0.2) is 11.5 Å². The van der Waals surface area contributed by atoms with Gasteiger partial charge in [0.25, 0.3) is 0 Å². The van der Waals surface area contributed by atoms with Crippen molar-refractivity contribution >= 4 is 22.4 Å². The molecule has 0 amide bonds. The summed E-state index contributed by atoms with van der Waals surface area (Å²) in [4.78, 5) is 12.5. The van der Waals surface area contributed by atoms with Gasteiger partial charge in [0.05, 0.1) is 32.4 Å². The highest BCUT2D eigenvalue weighted by Crippen LogP contribution is 2.37. The van der Waals surface area contributed by atoms with E-state index in [0.29, 0.717) is 18.7 Å². The zero-order chi connectivity index (χ0) is 25.6. The Morgan fingerprint density at radius 1 is 1.00 bits per heavy atom. The molecule has 0 saturated carbocycles. The molecular weight excluding hydrogens is 466 g/mol. The van der Waals surface area contributed by atoms with Crippen LogP contribution in [0.5, 0.6) is 11.5 Å². The summed E-state index contributed by atoms with van der Waals surface area (Å²) in [5.74, 6) is 2.55. The van der Waals surface area contributed by atoms with E-state index in [1.54, 1.807) is 7.11 Å². The van der Waals surface area contributed by atoms with Crippen LogP contribution in [0.4, 0.5) is 11.5 Å². The minimum Gasteiger partial charge on any atom is -0.493 e. The van der Waals surface area contributed by atoms with E-state index < -0.39 is 0 Å². The first-order valence-electron chi connectivity index (χ1n) is 14.3. The van der Waals surface area contributed by atoms with Gasteiger partial charge in [0.1, 0.15) is 5.82 Å². The highest BCUT2D eigenvalue weighted by atomic mass is 16.5. The standard InChI is InChI=1S/C29H45N5O3/c1-22(2)33-12-7-23(8-13-33)30-26-21-29(34-14-17-36-18-15-34)31-25-20-28(27(35-3)19-24(25)26)37-16-6-11-32-9-4-5-10-32/h19-23H,4-18H2,1-3H3,(H,30,31). The van der Waals surface area contributed by atoms with Crippen molar-refractivity contribution in [2.24, 2.45) is 0 Å². The lowest BCUT2D eigenvalue weighted by Gasteiger charge is -2.35. The van der Waals surface area contributed by atoms with Gasteiger partial charge < -0.3 is 34.2 Å². The van der Waals surface area contributed by atoms with Crippen LogP contribution in [0.25, 0.3) is 10.9 Å². The number of methoxy groups -OCH3 is 1. The Morgan fingerprint density at radius 2 is 1.76 bits per heavy atom. The minimum atomic E-state index is 0.450. The fourth-order valence-electron chi connectivity index (χ4n) is 5.82. The number of aromatic nitrogens is 1. The number of morpholine rings is 1. The first kappa shape index (κ1) is 26.3. The van der Waals surface area contributed by atoms with Crippen LogP contribution in [0, 0.1) is 0 Å². The predicted molar refractivity (Wildman–Crippen MR) is 150 cm³/mol. The third-order valence-corrected chi connectivity index (χ3v) is 8.11. The summed E-state index contributed by atoms with van der Waals surface area (Å²) in [6, 6.07) is 7.45. The van der Waals surface area contributed by atoms with Crippen molar-refractivity contribution < 1.29 is 14.2 Å². The number of rotatable bonds is 10. The van der Waals surface area contributed by atoms with Crippen molar-refractivity contribution in [2.45, 2.75) is 58.0 Å². The van der Waals surface area contributed by atoms with Crippen LogP contribution >= 0.6 is 0 Å². The molecule has 37 heavy (non-hydrogen) atoms. The average Bonchev–Trinajstić information content (AvgIpc) is 3.45. The highest BCUT2D eigenvalue weighted by molar-refractivity contribution is 5.95. The van der Waals surface area contributed by atoms with Crippen LogP contribution < -0.4 is 19.7 Å². The van der Waals surface area contributed by atoms with Gasteiger partial charge in [-0.3, -0.25) is 0 Å². The lowest BCUT2D eigenvalue weighted by Crippen LogP contribution is -2.42. The van der Waals surface area contributed by atoms with Crippen LogP contribution in [0.1, 0.15) is 46.0 Å². The van der Waals surface area contributed by atoms with Crippen molar-refractivity contribution in [2.75, 3.05) is 83.0 Å². The number of nitrogens with one attached hydrogen (secondary N) is 1. The third kappa shape index (κ3) is 6.59. The molecule has 8 heteroatoms. The molecule has 204 valence electrons. The maximum atomic E-state index is 6.25. The van der Waals surface area contributed by atoms with Gasteiger partial charge >= 0.3 is 0 Å². The molecule has 3 aliphatic rings. The summed E-state index contributed by atoms with van der Waals surface area (Å²) < 4.78 is 17.6. The monoisotopic (exact) mass is 511 g/mol. The largest absolute Gasteiger partial charge is 0.493 e. The molecule has 0 radical (unpaired) electrons. The van der Waals surface area contributed by atoms with E-state index in [2.05, 4.69) is 52.1 Å². The van der Waals surface area contributed by atoms with Crippen molar-refractivity contribution in [3.8, 4) is 11.5 Å². The van der Waals surface area contributed by atoms with Gasteiger partial charge in [-0.05, 0) is 65.1 Å². The smallest absolute Gasteiger partial charge is 0.163 e. The van der Waals surface area contributed by atoms with Gasteiger partial charge in [-0.15, -0.1) is 0 Å². The van der Waals surface area contributed by atoms with Gasteiger partial charge in [-0.2, -0.15) is 0 Å². The van der Waals surface area contributed by atoms with E-state index in [-0.39, 0.29) is 0 Å². The van der Waals surface area contributed by atoms with E-state index in [1.165, 1.54) is 25.9 Å². The molecule has 3 fully saturated rings. The fraction of sp³-hybridized carbons (Fsp3) is 0.690. The molecule has 3 saturated heterocycles. The first-order valence-corrected chi connectivity index (χ1v) is 14.3. The number of hydrogen-bond acceptors (Lipinski definition) is 8. The predicted octanol–water partition coefficient (Wildman–Crippen LogP) is 4.23. The SMILES string of the molecule is COc1cc2c(NC3CCN(C(C)C)CC3)cc(N3CCOCC3)nc2cc1OCCCN1CCCC1. The summed E-state index contributed by atoms with van der Waals surface area (Å²) in [6.07, 6.45) is 5.95. The lowest BCUT2D eigenvalue weighted by molar-refractivity contribution is 0.122. The first-order chi connectivity index (χ1) is 18.1. The van der Waals surface area contributed by atoms with E-state index in [1.807, 2.05) is 0 Å². The van der Waals surface area contributed by atoms with E-state index >= 15 is 0 Å². The molecule has 2 aromatic rings. The number of pyridine rings is 1. The Morgan fingerprint density at radius 3 is 2.46 bits per heavy atom. The molecule has 0 unspecified atom stereocenters. The van der Waals surface area contributed by atoms with E-state index in [4.69, 9.17) is 19.2 Å². The topological polar surface area (TPSA) is 62.3 Å². The van der Waals surface area contributed by atoms with Gasteiger partial charge in [-0.25, -0.2) is 4.98 Å². The summed E-state index contributed by atoms with van der Waals surface area (Å²) in [5.41, 5.74) is 2.08. The van der Waals surface area contributed by atoms with Gasteiger partial charge in [0, 0.05) is 68.0 Å². The van der Waals surface area contributed by atoms with Crippen LogP contribution in [0.3, 0.4) is 0 Å². The molecule has 0 spiro atoms. The summed E-state index contributed by atoms with van der Waals surface area (Å²) in [7, 11) is 1.72. The number of fused-ring (bicyclic) bond motifs is 1. The molecule has 0 aliphatic carbocycles. The molecular formula is C29H45N5O3. The van der Waals surface area contributed by atoms with Crippen molar-refractivity contribution in [3.63, 3.8) is 0 Å². The molecule has 1 aromatic heterocycles. The van der Waals surface area contributed by atoms with Gasteiger partial charge in [-0.1, -0.05) is 0 Å². The molecule has 8 nitrogen and oxygen atoms in total. The second-order valence-electron chi connectivity index (χ2n) is 10.9. The van der Waals surface area contributed by atoms with Crippen LogP contribution in [-0.2, 0) is 4.74 Å². The second kappa shape index (κ2) is 12.5. The number of piperidine rings is 1. The molecule has 0 bridgehead atoms. The van der Waals surface area contributed by atoms with Crippen LogP contribution in [-0.4, -0.2) is 99.6 Å². The lowest BCUT2D eigenvalue weighted by atomic mass is 10.0. The number of ether oxygens (including phenoxy) is 3. The second-order valence-corrected chi connectivity index (χ2v) is 10.9. The summed E-state index contributed by atoms with van der Waals surface area (Å²) in [6.45, 7) is 14.3. The third-order valence-electron chi connectivity index (χ3n) is 8.11. The number of likely N-dealkylation sites (tertiary alicyclic amines) is 2. The molecule has 5 rings (SSSR count). The average molecular weight is 512 g/mol. The van der Waals surface area contributed by atoms with E-state index in [0.717, 1.165) is 99.1 Å². The highest BCUT2D eigenvalue weighted by Gasteiger charge is 2.23. The molecule has 3 aliphatic heterocycles. The molecule has 1 N–H and O–H groups in total. The Hall–Kier alpha value is -2.29. The minimum absolute atomic E-state index is 0.450. The number of anilines is 2. The molecule has 1 aromatic carbocycles. The van der Waals surface area contributed by atoms with Crippen LogP contribution in [0.15, 0.2) is 18.2 Å². The number of hydrogen-bond donors (Lipinski definition) is 1. The zero-order valence-electron chi connectivity index (χ0n) is 23.0. The van der Waals surface area contributed by atoms with Gasteiger partial charge in [0.2, 0.25) is 0 Å². The van der Waals surface area contributed by atoms with Crippen molar-refractivity contribution in [1.29, 1.82) is 0 Å². The fourth-order valence-corrected chi connectivity index (χ4v) is 5.82. The zero-order valence-corrected chi connectivity index (χ0v) is 23.0.